The summed E-state index contributed by atoms with van der Waals surface area (Å²) in [7, 11) is 4.07. The summed E-state index contributed by atoms with van der Waals surface area (Å²) in [5.41, 5.74) is 4.02. The molecular weight excluding hydrogens is 418 g/mol. The van der Waals surface area contributed by atoms with Crippen LogP contribution in [0.1, 0.15) is 35.9 Å². The second kappa shape index (κ2) is 8.37. The lowest BCUT2D eigenvalue weighted by atomic mass is 10.2. The molecule has 30 heavy (non-hydrogen) atoms. The van der Waals surface area contributed by atoms with Crippen molar-refractivity contribution in [1.29, 1.82) is 0 Å². The molecule has 0 saturated carbocycles. The minimum atomic E-state index is 0.104. The number of hydrogen-bond donors (Lipinski definition) is 0. The molecule has 0 saturated heterocycles. The van der Waals surface area contributed by atoms with Crippen LogP contribution in [0.5, 0.6) is 0 Å². The normalized spacial score (nSPS) is 12.8. The maximum atomic E-state index is 6.10. The Morgan fingerprint density at radius 2 is 1.83 bits per heavy atom. The Morgan fingerprint density at radius 1 is 1.10 bits per heavy atom. The van der Waals surface area contributed by atoms with Crippen LogP contribution in [0.3, 0.4) is 0 Å². The predicted molar refractivity (Wildman–Crippen MR) is 120 cm³/mol. The summed E-state index contributed by atoms with van der Waals surface area (Å²) >= 11 is 7.71. The average molecular weight is 442 g/mol. The number of thioether (sulfide) groups is 1. The van der Waals surface area contributed by atoms with Crippen molar-refractivity contribution >= 4 is 29.1 Å². The van der Waals surface area contributed by atoms with Gasteiger partial charge >= 0.3 is 0 Å². The van der Waals surface area contributed by atoms with Crippen LogP contribution in [-0.4, -0.2) is 48.1 Å². The molecule has 9 heteroatoms. The van der Waals surface area contributed by atoms with Gasteiger partial charge in [-0.3, -0.25) is 13.9 Å². The van der Waals surface area contributed by atoms with Crippen molar-refractivity contribution in [3.05, 3.63) is 64.5 Å². The molecule has 7 nitrogen and oxygen atoms in total. The highest BCUT2D eigenvalue weighted by atomic mass is 35.5. The summed E-state index contributed by atoms with van der Waals surface area (Å²) in [5, 5.41) is 10.5. The SMILES string of the molecule is Cc1cc(C)n2cc(CSc3nnc(C(C)N(C)C)n3-c3ccc(Cl)cc3)nc2n1. The first-order valence-electron chi connectivity index (χ1n) is 9.66. The van der Waals surface area contributed by atoms with Gasteiger partial charge in [-0.25, -0.2) is 9.97 Å². The molecule has 0 N–H and O–H groups in total. The number of rotatable bonds is 6. The molecule has 0 aliphatic rings. The minimum Gasteiger partial charge on any atom is -0.300 e. The highest BCUT2D eigenvalue weighted by Gasteiger charge is 2.21. The van der Waals surface area contributed by atoms with Gasteiger partial charge in [0.2, 0.25) is 5.78 Å². The van der Waals surface area contributed by atoms with Crippen LogP contribution >= 0.6 is 23.4 Å². The van der Waals surface area contributed by atoms with Crippen LogP contribution in [0, 0.1) is 13.8 Å². The van der Waals surface area contributed by atoms with E-state index in [0.717, 1.165) is 39.5 Å². The van der Waals surface area contributed by atoms with Gasteiger partial charge in [-0.1, -0.05) is 23.4 Å². The highest BCUT2D eigenvalue weighted by Crippen LogP contribution is 2.29. The molecule has 0 bridgehead atoms. The van der Waals surface area contributed by atoms with E-state index < -0.39 is 0 Å². The molecule has 156 valence electrons. The molecule has 4 aromatic rings. The summed E-state index contributed by atoms with van der Waals surface area (Å²) in [6.45, 7) is 6.16. The van der Waals surface area contributed by atoms with E-state index in [1.165, 1.54) is 0 Å². The van der Waals surface area contributed by atoms with Crippen molar-refractivity contribution < 1.29 is 0 Å². The summed E-state index contributed by atoms with van der Waals surface area (Å²) in [6, 6.07) is 9.90. The van der Waals surface area contributed by atoms with E-state index in [0.29, 0.717) is 10.8 Å². The third-order valence-corrected chi connectivity index (χ3v) is 6.27. The van der Waals surface area contributed by atoms with Gasteiger partial charge in [0.1, 0.15) is 0 Å². The van der Waals surface area contributed by atoms with Gasteiger partial charge in [-0.05, 0) is 65.2 Å². The molecule has 0 aliphatic carbocycles. The van der Waals surface area contributed by atoms with Crippen LogP contribution in [0.2, 0.25) is 5.02 Å². The van der Waals surface area contributed by atoms with Crippen LogP contribution < -0.4 is 0 Å². The van der Waals surface area contributed by atoms with Crippen molar-refractivity contribution in [2.24, 2.45) is 0 Å². The summed E-state index contributed by atoms with van der Waals surface area (Å²) in [5.74, 6) is 2.28. The monoisotopic (exact) mass is 441 g/mol. The van der Waals surface area contributed by atoms with Gasteiger partial charge in [0.05, 0.1) is 11.7 Å². The Hall–Kier alpha value is -2.42. The lowest BCUT2D eigenvalue weighted by Crippen LogP contribution is -2.20. The number of hydrogen-bond acceptors (Lipinski definition) is 6. The van der Waals surface area contributed by atoms with Crippen molar-refractivity contribution in [3.8, 4) is 5.69 Å². The predicted octanol–water partition coefficient (Wildman–Crippen LogP) is 4.50. The van der Waals surface area contributed by atoms with Crippen LogP contribution in [0.4, 0.5) is 0 Å². The molecule has 0 fully saturated rings. The molecule has 0 radical (unpaired) electrons. The van der Waals surface area contributed by atoms with Gasteiger partial charge < -0.3 is 0 Å². The molecular formula is C21H24ClN7S. The minimum absolute atomic E-state index is 0.104. The zero-order valence-corrected chi connectivity index (χ0v) is 19.2. The smallest absolute Gasteiger partial charge is 0.234 e. The van der Waals surface area contributed by atoms with E-state index in [1.807, 2.05) is 55.9 Å². The van der Waals surface area contributed by atoms with E-state index in [-0.39, 0.29) is 6.04 Å². The van der Waals surface area contributed by atoms with Gasteiger partial charge in [-0.15, -0.1) is 10.2 Å². The topological polar surface area (TPSA) is 64.1 Å². The van der Waals surface area contributed by atoms with E-state index in [2.05, 4.69) is 49.5 Å². The zero-order valence-electron chi connectivity index (χ0n) is 17.7. The van der Waals surface area contributed by atoms with Crippen molar-refractivity contribution in [1.82, 2.24) is 34.0 Å². The molecule has 0 aliphatic heterocycles. The van der Waals surface area contributed by atoms with Crippen LogP contribution in [-0.2, 0) is 5.75 Å². The first-order chi connectivity index (χ1) is 14.3. The second-order valence-corrected chi connectivity index (χ2v) is 8.90. The quantitative estimate of drug-likeness (QED) is 0.410. The van der Waals surface area contributed by atoms with Gasteiger partial charge in [0.15, 0.2) is 11.0 Å². The molecule has 1 unspecified atom stereocenters. The molecule has 3 aromatic heterocycles. The Balaban J connectivity index is 1.67. The first-order valence-corrected chi connectivity index (χ1v) is 11.0. The Labute approximate surface area is 185 Å². The summed E-state index contributed by atoms with van der Waals surface area (Å²) < 4.78 is 4.11. The fraction of sp³-hybridized carbons (Fsp3) is 0.333. The third kappa shape index (κ3) is 4.08. The number of benzene rings is 1. The molecule has 0 amide bonds. The molecule has 1 aromatic carbocycles. The van der Waals surface area contributed by atoms with E-state index in [4.69, 9.17) is 11.6 Å². The average Bonchev–Trinajstić information content (AvgIpc) is 3.30. The van der Waals surface area contributed by atoms with Crippen molar-refractivity contribution in [2.45, 2.75) is 37.7 Å². The Bertz CT molecular complexity index is 1180. The molecule has 0 spiro atoms. The lowest BCUT2D eigenvalue weighted by Gasteiger charge is -2.20. The number of fused-ring (bicyclic) bond motifs is 1. The molecule has 4 rings (SSSR count). The van der Waals surface area contributed by atoms with Crippen molar-refractivity contribution in [3.63, 3.8) is 0 Å². The second-order valence-electron chi connectivity index (χ2n) is 7.52. The number of halogens is 1. The van der Waals surface area contributed by atoms with E-state index >= 15 is 0 Å². The lowest BCUT2D eigenvalue weighted by molar-refractivity contribution is 0.305. The van der Waals surface area contributed by atoms with E-state index in [9.17, 15) is 0 Å². The van der Waals surface area contributed by atoms with Crippen LogP contribution in [0.25, 0.3) is 11.5 Å². The number of aromatic nitrogens is 6. The summed E-state index contributed by atoms with van der Waals surface area (Å²) in [4.78, 5) is 11.3. The highest BCUT2D eigenvalue weighted by molar-refractivity contribution is 7.98. The van der Waals surface area contributed by atoms with E-state index in [1.54, 1.807) is 11.8 Å². The van der Waals surface area contributed by atoms with Gasteiger partial charge in [-0.2, -0.15) is 0 Å². The van der Waals surface area contributed by atoms with Gasteiger partial charge in [0.25, 0.3) is 0 Å². The molecule has 3 heterocycles. The number of aryl methyl sites for hydroxylation is 2. The maximum Gasteiger partial charge on any atom is 0.234 e. The summed E-state index contributed by atoms with van der Waals surface area (Å²) in [6.07, 6.45) is 2.04. The first kappa shape index (κ1) is 20.8. The Kier molecular flexibility index (Phi) is 5.81. The standard InChI is InChI=1S/C21H24ClN7S/c1-13-10-14(2)28-11-17(24-20(28)23-13)12-30-21-26-25-19(15(3)27(4)5)29(21)18-8-6-16(22)7-9-18/h6-11,15H,12H2,1-5H3. The third-order valence-electron chi connectivity index (χ3n) is 5.05. The molecule has 1 atom stereocenters. The Morgan fingerprint density at radius 3 is 2.53 bits per heavy atom. The fourth-order valence-corrected chi connectivity index (χ4v) is 4.20. The largest absolute Gasteiger partial charge is 0.300 e. The number of imidazole rings is 1. The number of nitrogens with zero attached hydrogens (tertiary/aromatic N) is 7. The van der Waals surface area contributed by atoms with Crippen LogP contribution in [0.15, 0.2) is 41.7 Å². The fourth-order valence-electron chi connectivity index (χ4n) is 3.24. The zero-order chi connectivity index (χ0) is 21.4. The maximum absolute atomic E-state index is 6.10. The van der Waals surface area contributed by atoms with Gasteiger partial charge in [0, 0.05) is 34.0 Å². The van der Waals surface area contributed by atoms with Crippen molar-refractivity contribution in [2.75, 3.05) is 14.1 Å².